The van der Waals surface area contributed by atoms with E-state index in [0.29, 0.717) is 12.3 Å². The van der Waals surface area contributed by atoms with Crippen LogP contribution >= 0.6 is 0 Å². The molecule has 0 aliphatic rings. The molecule has 0 atom stereocenters. The van der Waals surface area contributed by atoms with E-state index >= 15 is 0 Å². The number of hydrogen-bond acceptors (Lipinski definition) is 4. The van der Waals surface area contributed by atoms with Crippen molar-refractivity contribution in [3.63, 3.8) is 0 Å². The van der Waals surface area contributed by atoms with Crippen LogP contribution in [0.1, 0.15) is 21.6 Å². The fourth-order valence-corrected chi connectivity index (χ4v) is 2.30. The van der Waals surface area contributed by atoms with E-state index in [4.69, 9.17) is 10.5 Å². The standard InChI is InChI=1S/C17H16N4O2/c1-11-9-13(15-16(17(18)22)20-21-19-15)7-8-14(11)23-10-12-5-3-2-4-6-12/h2-9H,10H2,1H3,(H2,18,22)(H,19,20,21). The Labute approximate surface area is 133 Å². The summed E-state index contributed by atoms with van der Waals surface area (Å²) in [6.45, 7) is 2.44. The molecule has 1 aromatic heterocycles. The van der Waals surface area contributed by atoms with Crippen molar-refractivity contribution in [3.05, 3.63) is 65.4 Å². The highest BCUT2D eigenvalue weighted by molar-refractivity contribution is 5.96. The number of carbonyl (C=O) groups is 1. The summed E-state index contributed by atoms with van der Waals surface area (Å²) in [4.78, 5) is 11.3. The van der Waals surface area contributed by atoms with Crippen molar-refractivity contribution in [3.8, 4) is 17.0 Å². The van der Waals surface area contributed by atoms with Crippen molar-refractivity contribution in [2.45, 2.75) is 13.5 Å². The van der Waals surface area contributed by atoms with E-state index in [0.717, 1.165) is 22.4 Å². The maximum Gasteiger partial charge on any atom is 0.271 e. The molecule has 0 aliphatic heterocycles. The molecule has 0 spiro atoms. The van der Waals surface area contributed by atoms with Gasteiger partial charge in [0.1, 0.15) is 18.1 Å². The molecule has 0 aliphatic carbocycles. The van der Waals surface area contributed by atoms with E-state index in [1.165, 1.54) is 0 Å². The largest absolute Gasteiger partial charge is 0.489 e. The van der Waals surface area contributed by atoms with Gasteiger partial charge in [-0.15, -0.1) is 0 Å². The van der Waals surface area contributed by atoms with Crippen LogP contribution in [0.4, 0.5) is 0 Å². The number of aromatic amines is 1. The van der Waals surface area contributed by atoms with Gasteiger partial charge in [-0.25, -0.2) is 0 Å². The van der Waals surface area contributed by atoms with E-state index in [-0.39, 0.29) is 5.69 Å². The maximum absolute atomic E-state index is 11.3. The quantitative estimate of drug-likeness (QED) is 0.757. The molecule has 0 saturated carbocycles. The third-order valence-electron chi connectivity index (χ3n) is 3.47. The van der Waals surface area contributed by atoms with Gasteiger partial charge >= 0.3 is 0 Å². The fraction of sp³-hybridized carbons (Fsp3) is 0.118. The molecule has 3 rings (SSSR count). The lowest BCUT2D eigenvalue weighted by molar-refractivity contribution is 0.0996. The molecule has 1 amide bonds. The first-order valence-corrected chi connectivity index (χ1v) is 7.13. The monoisotopic (exact) mass is 308 g/mol. The molecular formula is C17H16N4O2. The first-order valence-electron chi connectivity index (χ1n) is 7.13. The van der Waals surface area contributed by atoms with Crippen LogP contribution in [0.3, 0.4) is 0 Å². The molecule has 6 heteroatoms. The minimum Gasteiger partial charge on any atom is -0.489 e. The summed E-state index contributed by atoms with van der Waals surface area (Å²) in [6.07, 6.45) is 0. The molecular weight excluding hydrogens is 292 g/mol. The smallest absolute Gasteiger partial charge is 0.271 e. The normalized spacial score (nSPS) is 10.5. The van der Waals surface area contributed by atoms with Gasteiger partial charge in [-0.3, -0.25) is 4.79 Å². The van der Waals surface area contributed by atoms with Gasteiger partial charge in [0.2, 0.25) is 0 Å². The van der Waals surface area contributed by atoms with Crippen molar-refractivity contribution in [1.82, 2.24) is 15.4 Å². The van der Waals surface area contributed by atoms with Crippen LogP contribution in [0.25, 0.3) is 11.3 Å². The molecule has 3 N–H and O–H groups in total. The first-order chi connectivity index (χ1) is 11.1. The Balaban J connectivity index is 1.81. The molecule has 0 saturated heterocycles. The zero-order valence-corrected chi connectivity index (χ0v) is 12.6. The van der Waals surface area contributed by atoms with Gasteiger partial charge in [-0.05, 0) is 36.2 Å². The molecule has 0 unspecified atom stereocenters. The van der Waals surface area contributed by atoms with Crippen LogP contribution in [0.5, 0.6) is 5.75 Å². The summed E-state index contributed by atoms with van der Waals surface area (Å²) < 4.78 is 5.84. The lowest BCUT2D eigenvalue weighted by Gasteiger charge is -2.10. The second-order valence-corrected chi connectivity index (χ2v) is 5.14. The number of rotatable bonds is 5. The second kappa shape index (κ2) is 6.31. The van der Waals surface area contributed by atoms with Crippen molar-refractivity contribution in [2.24, 2.45) is 5.73 Å². The summed E-state index contributed by atoms with van der Waals surface area (Å²) in [7, 11) is 0. The molecule has 1 heterocycles. The Bertz CT molecular complexity index is 828. The summed E-state index contributed by atoms with van der Waals surface area (Å²) in [5.74, 6) is 0.164. The van der Waals surface area contributed by atoms with Gasteiger partial charge in [0.05, 0.1) is 0 Å². The van der Waals surface area contributed by atoms with Crippen molar-refractivity contribution in [2.75, 3.05) is 0 Å². The third-order valence-corrected chi connectivity index (χ3v) is 3.47. The number of aromatic nitrogens is 3. The fourth-order valence-electron chi connectivity index (χ4n) is 2.30. The second-order valence-electron chi connectivity index (χ2n) is 5.14. The number of primary amides is 1. The Kier molecular flexibility index (Phi) is 4.05. The molecule has 116 valence electrons. The number of aryl methyl sites for hydroxylation is 1. The summed E-state index contributed by atoms with van der Waals surface area (Å²) in [5.41, 5.74) is 8.66. The van der Waals surface area contributed by atoms with Gasteiger partial charge in [-0.1, -0.05) is 30.3 Å². The van der Waals surface area contributed by atoms with Gasteiger partial charge in [-0.2, -0.15) is 15.4 Å². The minimum absolute atomic E-state index is 0.127. The van der Waals surface area contributed by atoms with E-state index < -0.39 is 5.91 Å². The summed E-state index contributed by atoms with van der Waals surface area (Å²) in [5, 5.41) is 10.2. The van der Waals surface area contributed by atoms with E-state index in [1.807, 2.05) is 55.5 Å². The zero-order valence-electron chi connectivity index (χ0n) is 12.6. The van der Waals surface area contributed by atoms with E-state index in [1.54, 1.807) is 0 Å². The number of nitrogens with two attached hydrogens (primary N) is 1. The molecule has 0 bridgehead atoms. The van der Waals surface area contributed by atoms with Crippen LogP contribution in [0.15, 0.2) is 48.5 Å². The van der Waals surface area contributed by atoms with Crippen molar-refractivity contribution >= 4 is 5.91 Å². The van der Waals surface area contributed by atoms with Crippen LogP contribution in [0, 0.1) is 6.92 Å². The summed E-state index contributed by atoms with van der Waals surface area (Å²) in [6, 6.07) is 15.5. The van der Waals surface area contributed by atoms with E-state index in [9.17, 15) is 4.79 Å². The number of nitrogens with one attached hydrogen (secondary N) is 1. The van der Waals surface area contributed by atoms with E-state index in [2.05, 4.69) is 15.4 Å². The number of benzene rings is 2. The van der Waals surface area contributed by atoms with Gasteiger partial charge in [0.25, 0.3) is 5.91 Å². The van der Waals surface area contributed by atoms with Crippen molar-refractivity contribution in [1.29, 1.82) is 0 Å². The topological polar surface area (TPSA) is 93.9 Å². The third kappa shape index (κ3) is 3.21. The van der Waals surface area contributed by atoms with Gasteiger partial charge in [0.15, 0.2) is 5.69 Å². The lowest BCUT2D eigenvalue weighted by Crippen LogP contribution is -2.12. The number of ether oxygens (including phenoxy) is 1. The highest BCUT2D eigenvalue weighted by atomic mass is 16.5. The Morgan fingerprint density at radius 1 is 1.17 bits per heavy atom. The van der Waals surface area contributed by atoms with Crippen LogP contribution < -0.4 is 10.5 Å². The highest BCUT2D eigenvalue weighted by Crippen LogP contribution is 2.26. The highest BCUT2D eigenvalue weighted by Gasteiger charge is 2.15. The van der Waals surface area contributed by atoms with Crippen LogP contribution in [-0.2, 0) is 6.61 Å². The number of carbonyl (C=O) groups excluding carboxylic acids is 1. The van der Waals surface area contributed by atoms with Gasteiger partial charge in [0, 0.05) is 5.56 Å². The predicted molar refractivity (Wildman–Crippen MR) is 85.8 cm³/mol. The molecule has 23 heavy (non-hydrogen) atoms. The first kappa shape index (κ1) is 14.8. The minimum atomic E-state index is -0.615. The Morgan fingerprint density at radius 2 is 1.96 bits per heavy atom. The predicted octanol–water partition coefficient (Wildman–Crippen LogP) is 2.46. The number of hydrogen-bond donors (Lipinski definition) is 2. The lowest BCUT2D eigenvalue weighted by atomic mass is 10.1. The van der Waals surface area contributed by atoms with Crippen molar-refractivity contribution < 1.29 is 9.53 Å². The number of amides is 1. The Morgan fingerprint density at radius 3 is 2.65 bits per heavy atom. The number of H-pyrrole nitrogens is 1. The molecule has 0 radical (unpaired) electrons. The maximum atomic E-state index is 11.3. The number of nitrogens with zero attached hydrogens (tertiary/aromatic N) is 2. The summed E-state index contributed by atoms with van der Waals surface area (Å²) >= 11 is 0. The van der Waals surface area contributed by atoms with Crippen LogP contribution in [0.2, 0.25) is 0 Å². The van der Waals surface area contributed by atoms with Crippen LogP contribution in [-0.4, -0.2) is 21.3 Å². The van der Waals surface area contributed by atoms with Gasteiger partial charge < -0.3 is 10.5 Å². The molecule has 2 aromatic carbocycles. The molecule has 6 nitrogen and oxygen atoms in total. The molecule has 0 fully saturated rings. The Hall–Kier alpha value is -3.15. The molecule has 3 aromatic rings. The average molecular weight is 308 g/mol. The SMILES string of the molecule is Cc1cc(-c2n[nH]nc2C(N)=O)ccc1OCc1ccccc1. The average Bonchev–Trinajstić information content (AvgIpc) is 3.04. The zero-order chi connectivity index (χ0) is 16.2.